The van der Waals surface area contributed by atoms with E-state index in [2.05, 4.69) is 4.90 Å². The lowest BCUT2D eigenvalue weighted by Crippen LogP contribution is -2.36. The van der Waals surface area contributed by atoms with Gasteiger partial charge in [0, 0.05) is 12.6 Å². The van der Waals surface area contributed by atoms with Crippen molar-refractivity contribution in [1.29, 1.82) is 0 Å². The number of methoxy groups -OCH3 is 2. The summed E-state index contributed by atoms with van der Waals surface area (Å²) in [6.07, 6.45) is 6.91. The topological polar surface area (TPSA) is 69.0 Å². The molecule has 6 heteroatoms. The number of rotatable bonds is 4. The first kappa shape index (κ1) is 16.1. The van der Waals surface area contributed by atoms with Crippen molar-refractivity contribution in [2.45, 2.75) is 44.7 Å². The van der Waals surface area contributed by atoms with Crippen LogP contribution in [0.2, 0.25) is 0 Å². The van der Waals surface area contributed by atoms with E-state index in [1.807, 2.05) is 0 Å². The Morgan fingerprint density at radius 3 is 2.78 bits per heavy atom. The standard InChI is InChI=1S/C17H23NO5/c1-21-15-13(19)5-8-23-14(15)10-18-11-17(6-3-4-7-17)9-12(18)16(20)22-2/h5,8,12H,3-4,6-7,9-11H2,1-2H3. The van der Waals surface area contributed by atoms with Crippen molar-refractivity contribution in [1.82, 2.24) is 4.90 Å². The van der Waals surface area contributed by atoms with Gasteiger partial charge in [0.25, 0.3) is 0 Å². The van der Waals surface area contributed by atoms with Crippen molar-refractivity contribution in [3.63, 3.8) is 0 Å². The van der Waals surface area contributed by atoms with Crippen LogP contribution in [-0.2, 0) is 16.1 Å². The van der Waals surface area contributed by atoms with Gasteiger partial charge in [-0.3, -0.25) is 14.5 Å². The second kappa shape index (κ2) is 6.35. The Labute approximate surface area is 135 Å². The third-order valence-electron chi connectivity index (χ3n) is 5.20. The van der Waals surface area contributed by atoms with Crippen LogP contribution in [0.4, 0.5) is 0 Å². The molecule has 1 aromatic rings. The summed E-state index contributed by atoms with van der Waals surface area (Å²) in [5, 5.41) is 0. The van der Waals surface area contributed by atoms with Crippen LogP contribution in [0.25, 0.3) is 0 Å². The lowest BCUT2D eigenvalue weighted by molar-refractivity contribution is -0.146. The number of nitrogens with zero attached hydrogens (tertiary/aromatic N) is 1. The van der Waals surface area contributed by atoms with E-state index >= 15 is 0 Å². The average Bonchev–Trinajstić information content (AvgIpc) is 3.14. The third-order valence-corrected chi connectivity index (χ3v) is 5.20. The molecule has 2 heterocycles. The maximum atomic E-state index is 12.2. The van der Waals surface area contributed by atoms with Crippen molar-refractivity contribution in [2.75, 3.05) is 20.8 Å². The molecule has 1 aliphatic heterocycles. The van der Waals surface area contributed by atoms with Gasteiger partial charge in [0.15, 0.2) is 5.76 Å². The number of esters is 1. The third kappa shape index (κ3) is 3.00. The molecule has 0 radical (unpaired) electrons. The Hall–Kier alpha value is -1.82. The maximum Gasteiger partial charge on any atom is 0.323 e. The highest BCUT2D eigenvalue weighted by Gasteiger charge is 2.48. The summed E-state index contributed by atoms with van der Waals surface area (Å²) >= 11 is 0. The molecule has 1 saturated carbocycles. The molecule has 0 aromatic carbocycles. The van der Waals surface area contributed by atoms with E-state index in [1.54, 1.807) is 0 Å². The van der Waals surface area contributed by atoms with Crippen LogP contribution >= 0.6 is 0 Å². The molecule has 3 rings (SSSR count). The summed E-state index contributed by atoms with van der Waals surface area (Å²) < 4.78 is 15.6. The van der Waals surface area contributed by atoms with Gasteiger partial charge < -0.3 is 13.9 Å². The summed E-state index contributed by atoms with van der Waals surface area (Å²) in [7, 11) is 2.87. The van der Waals surface area contributed by atoms with Crippen LogP contribution in [0.15, 0.2) is 21.5 Å². The molecule has 0 bridgehead atoms. The van der Waals surface area contributed by atoms with Crippen LogP contribution in [0.5, 0.6) is 5.75 Å². The van der Waals surface area contributed by atoms with E-state index in [9.17, 15) is 9.59 Å². The summed E-state index contributed by atoms with van der Waals surface area (Å²) in [6, 6.07) is 1.05. The lowest BCUT2D eigenvalue weighted by atomic mass is 9.84. The SMILES string of the molecule is COC(=O)C1CC2(CCCC2)CN1Cc1occc(=O)c1OC. The highest BCUT2D eigenvalue weighted by atomic mass is 16.5. The van der Waals surface area contributed by atoms with Crippen LogP contribution in [0.1, 0.15) is 37.9 Å². The number of likely N-dealkylation sites (tertiary alicyclic amines) is 1. The molecule has 6 nitrogen and oxygen atoms in total. The first-order valence-electron chi connectivity index (χ1n) is 8.05. The minimum Gasteiger partial charge on any atom is -0.490 e. The van der Waals surface area contributed by atoms with E-state index in [0.29, 0.717) is 12.3 Å². The van der Waals surface area contributed by atoms with Gasteiger partial charge in [-0.05, 0) is 24.7 Å². The molecule has 1 saturated heterocycles. The summed E-state index contributed by atoms with van der Waals surface area (Å²) in [4.78, 5) is 26.1. The van der Waals surface area contributed by atoms with Gasteiger partial charge in [-0.15, -0.1) is 0 Å². The van der Waals surface area contributed by atoms with Gasteiger partial charge >= 0.3 is 5.97 Å². The Morgan fingerprint density at radius 2 is 2.13 bits per heavy atom. The first-order valence-corrected chi connectivity index (χ1v) is 8.05. The van der Waals surface area contributed by atoms with Gasteiger partial charge in [-0.1, -0.05) is 12.8 Å². The molecule has 23 heavy (non-hydrogen) atoms. The highest BCUT2D eigenvalue weighted by molar-refractivity contribution is 5.76. The van der Waals surface area contributed by atoms with E-state index in [-0.39, 0.29) is 28.6 Å². The summed E-state index contributed by atoms with van der Waals surface area (Å²) in [5.74, 6) is 0.457. The Bertz CT molecular complexity index is 632. The quantitative estimate of drug-likeness (QED) is 0.790. The molecule has 0 amide bonds. The molecule has 1 aromatic heterocycles. The Kier molecular flexibility index (Phi) is 4.43. The molecular formula is C17H23NO5. The zero-order chi connectivity index (χ0) is 16.4. The molecule has 126 valence electrons. The van der Waals surface area contributed by atoms with Gasteiger partial charge in [-0.2, -0.15) is 0 Å². The lowest BCUT2D eigenvalue weighted by Gasteiger charge is -2.24. The van der Waals surface area contributed by atoms with Gasteiger partial charge in [-0.25, -0.2) is 0 Å². The maximum absolute atomic E-state index is 12.2. The van der Waals surface area contributed by atoms with E-state index in [1.165, 1.54) is 39.4 Å². The van der Waals surface area contributed by atoms with Crippen LogP contribution in [0, 0.1) is 5.41 Å². The molecule has 2 fully saturated rings. The number of ether oxygens (including phenoxy) is 2. The van der Waals surface area contributed by atoms with Crippen LogP contribution in [0.3, 0.4) is 0 Å². The van der Waals surface area contributed by atoms with E-state index < -0.39 is 0 Å². The van der Waals surface area contributed by atoms with Crippen LogP contribution < -0.4 is 10.2 Å². The van der Waals surface area contributed by atoms with E-state index in [4.69, 9.17) is 13.9 Å². The molecule has 2 aliphatic rings. The van der Waals surface area contributed by atoms with Crippen molar-refractivity contribution >= 4 is 5.97 Å². The second-order valence-corrected chi connectivity index (χ2v) is 6.60. The largest absolute Gasteiger partial charge is 0.490 e. The number of carbonyl (C=O) groups excluding carboxylic acids is 1. The summed E-state index contributed by atoms with van der Waals surface area (Å²) in [6.45, 7) is 1.20. The minimum atomic E-state index is -0.284. The molecular weight excluding hydrogens is 298 g/mol. The predicted molar refractivity (Wildman–Crippen MR) is 83.3 cm³/mol. The van der Waals surface area contributed by atoms with Crippen molar-refractivity contribution in [3.05, 3.63) is 28.3 Å². The molecule has 1 spiro atoms. The van der Waals surface area contributed by atoms with Crippen LogP contribution in [-0.4, -0.2) is 37.7 Å². The van der Waals surface area contributed by atoms with Gasteiger partial charge in [0.05, 0.1) is 27.0 Å². The second-order valence-electron chi connectivity index (χ2n) is 6.60. The molecule has 1 unspecified atom stereocenters. The minimum absolute atomic E-state index is 0.196. The number of hydrogen-bond donors (Lipinski definition) is 0. The fourth-order valence-electron chi connectivity index (χ4n) is 4.12. The number of carbonyl (C=O) groups is 1. The fraction of sp³-hybridized carbons (Fsp3) is 0.647. The fourth-order valence-corrected chi connectivity index (χ4v) is 4.12. The Morgan fingerprint density at radius 1 is 1.39 bits per heavy atom. The summed E-state index contributed by atoms with van der Waals surface area (Å²) in [5.41, 5.74) is -0.0144. The van der Waals surface area contributed by atoms with Gasteiger partial charge in [0.1, 0.15) is 6.04 Å². The molecule has 0 N–H and O–H groups in total. The normalized spacial score (nSPS) is 23.3. The van der Waals surface area contributed by atoms with Gasteiger partial charge in [0.2, 0.25) is 11.2 Å². The molecule has 1 aliphatic carbocycles. The Balaban J connectivity index is 1.86. The van der Waals surface area contributed by atoms with E-state index in [0.717, 1.165) is 25.8 Å². The van der Waals surface area contributed by atoms with Crippen molar-refractivity contribution in [3.8, 4) is 5.75 Å². The first-order chi connectivity index (χ1) is 11.1. The monoisotopic (exact) mass is 321 g/mol. The average molecular weight is 321 g/mol. The zero-order valence-electron chi connectivity index (χ0n) is 13.7. The smallest absolute Gasteiger partial charge is 0.323 e. The highest BCUT2D eigenvalue weighted by Crippen LogP contribution is 2.48. The number of hydrogen-bond acceptors (Lipinski definition) is 6. The predicted octanol–water partition coefficient (Wildman–Crippen LogP) is 1.96. The van der Waals surface area contributed by atoms with Crippen molar-refractivity contribution < 1.29 is 18.7 Å². The zero-order valence-corrected chi connectivity index (χ0v) is 13.7. The molecule has 1 atom stereocenters. The van der Waals surface area contributed by atoms with Crippen molar-refractivity contribution in [2.24, 2.45) is 5.41 Å².